The smallest absolute Gasteiger partial charge is 0.274 e. The average Bonchev–Trinajstić information content (AvgIpc) is 3.18. The van der Waals surface area contributed by atoms with Crippen molar-refractivity contribution in [1.29, 1.82) is 0 Å². The van der Waals surface area contributed by atoms with Crippen molar-refractivity contribution in [3.8, 4) is 5.75 Å². The summed E-state index contributed by atoms with van der Waals surface area (Å²) in [7, 11) is 0. The minimum atomic E-state index is -0.0305. The molecule has 1 saturated carbocycles. The second-order valence-corrected chi connectivity index (χ2v) is 6.60. The minimum Gasteiger partial charge on any atom is -0.488 e. The van der Waals surface area contributed by atoms with E-state index in [1.54, 1.807) is 24.8 Å². The molecule has 0 bridgehead atoms. The summed E-state index contributed by atoms with van der Waals surface area (Å²) in [6.07, 6.45) is 8.97. The molecule has 124 valence electrons. The Hall–Kier alpha value is -2.50. The Morgan fingerprint density at radius 2 is 2.12 bits per heavy atom. The quantitative estimate of drug-likeness (QED) is 0.865. The van der Waals surface area contributed by atoms with Crippen LogP contribution in [0.25, 0.3) is 0 Å². The third-order valence-corrected chi connectivity index (χ3v) is 5.00. The van der Waals surface area contributed by atoms with Gasteiger partial charge in [-0.05, 0) is 37.8 Å². The highest BCUT2D eigenvalue weighted by Crippen LogP contribution is 2.40. The molecule has 2 aliphatic rings. The third kappa shape index (κ3) is 2.84. The summed E-state index contributed by atoms with van der Waals surface area (Å²) in [5, 5.41) is 0. The number of aromatic nitrogens is 3. The van der Waals surface area contributed by atoms with Crippen molar-refractivity contribution in [1.82, 2.24) is 19.9 Å². The number of rotatable bonds is 3. The molecule has 1 amide bonds. The summed E-state index contributed by atoms with van der Waals surface area (Å²) >= 11 is 0. The number of hydrogen-bond donors (Lipinski definition) is 0. The summed E-state index contributed by atoms with van der Waals surface area (Å²) in [5.74, 6) is 1.66. The van der Waals surface area contributed by atoms with Crippen LogP contribution in [-0.2, 0) is 0 Å². The molecule has 6 nitrogen and oxygen atoms in total. The predicted octanol–water partition coefficient (Wildman–Crippen LogP) is 2.11. The predicted molar refractivity (Wildman–Crippen MR) is 87.5 cm³/mol. The summed E-state index contributed by atoms with van der Waals surface area (Å²) in [4.78, 5) is 27.0. The number of carbonyl (C=O) groups excluding carboxylic acids is 1. The lowest BCUT2D eigenvalue weighted by atomic mass is 9.99. The highest BCUT2D eigenvalue weighted by atomic mass is 16.5. The first kappa shape index (κ1) is 15.1. The fourth-order valence-electron chi connectivity index (χ4n) is 3.78. The molecule has 6 heteroatoms. The zero-order chi connectivity index (χ0) is 16.5. The van der Waals surface area contributed by atoms with E-state index in [-0.39, 0.29) is 12.0 Å². The van der Waals surface area contributed by atoms with Crippen molar-refractivity contribution in [2.24, 2.45) is 11.8 Å². The molecule has 2 aromatic rings. The summed E-state index contributed by atoms with van der Waals surface area (Å²) in [6, 6.07) is 3.81. The van der Waals surface area contributed by atoms with Gasteiger partial charge in [-0.25, -0.2) is 4.98 Å². The molecule has 3 atom stereocenters. The minimum absolute atomic E-state index is 0.0305. The van der Waals surface area contributed by atoms with Gasteiger partial charge in [0.2, 0.25) is 0 Å². The van der Waals surface area contributed by atoms with Crippen molar-refractivity contribution < 1.29 is 9.53 Å². The highest BCUT2D eigenvalue weighted by molar-refractivity contribution is 5.92. The normalized spacial score (nSPS) is 25.5. The van der Waals surface area contributed by atoms with E-state index in [0.717, 1.165) is 37.4 Å². The molecule has 1 saturated heterocycles. The van der Waals surface area contributed by atoms with Gasteiger partial charge in [0.15, 0.2) is 0 Å². The van der Waals surface area contributed by atoms with E-state index >= 15 is 0 Å². The number of amides is 1. The molecule has 24 heavy (non-hydrogen) atoms. The van der Waals surface area contributed by atoms with Gasteiger partial charge in [-0.2, -0.15) is 0 Å². The average molecular weight is 324 g/mol. The van der Waals surface area contributed by atoms with Gasteiger partial charge in [0, 0.05) is 31.4 Å². The molecular formula is C18H20N4O2. The fourth-order valence-corrected chi connectivity index (χ4v) is 3.78. The van der Waals surface area contributed by atoms with E-state index in [1.165, 1.54) is 0 Å². The Labute approximate surface area is 140 Å². The second-order valence-electron chi connectivity index (χ2n) is 6.60. The monoisotopic (exact) mass is 324 g/mol. The van der Waals surface area contributed by atoms with Crippen LogP contribution in [0.15, 0.2) is 36.9 Å². The number of ether oxygens (including phenoxy) is 1. The van der Waals surface area contributed by atoms with Crippen LogP contribution in [0, 0.1) is 18.8 Å². The van der Waals surface area contributed by atoms with Crippen LogP contribution in [0.5, 0.6) is 5.75 Å². The third-order valence-electron chi connectivity index (χ3n) is 5.00. The molecule has 2 fully saturated rings. The van der Waals surface area contributed by atoms with Gasteiger partial charge in [0.25, 0.3) is 5.91 Å². The number of aryl methyl sites for hydroxylation is 1. The highest BCUT2D eigenvalue weighted by Gasteiger charge is 2.45. The number of hydrogen-bond acceptors (Lipinski definition) is 5. The molecule has 1 aliphatic carbocycles. The van der Waals surface area contributed by atoms with Gasteiger partial charge in [0.1, 0.15) is 17.5 Å². The first-order valence-electron chi connectivity index (χ1n) is 8.35. The van der Waals surface area contributed by atoms with Gasteiger partial charge < -0.3 is 9.64 Å². The number of nitrogens with zero attached hydrogens (tertiary/aromatic N) is 4. The topological polar surface area (TPSA) is 68.2 Å². The first-order chi connectivity index (χ1) is 11.7. The maximum absolute atomic E-state index is 12.6. The van der Waals surface area contributed by atoms with Crippen LogP contribution >= 0.6 is 0 Å². The summed E-state index contributed by atoms with van der Waals surface area (Å²) in [6.45, 7) is 3.37. The van der Waals surface area contributed by atoms with E-state index in [4.69, 9.17) is 4.74 Å². The lowest BCUT2D eigenvalue weighted by Gasteiger charge is -2.21. The van der Waals surface area contributed by atoms with Crippen molar-refractivity contribution in [2.75, 3.05) is 13.1 Å². The maximum atomic E-state index is 12.6. The number of pyridine rings is 1. The number of likely N-dealkylation sites (tertiary alicyclic amines) is 1. The molecule has 3 heterocycles. The van der Waals surface area contributed by atoms with E-state index < -0.39 is 0 Å². The molecule has 2 aromatic heterocycles. The molecule has 4 rings (SSSR count). The van der Waals surface area contributed by atoms with Crippen LogP contribution in [0.2, 0.25) is 0 Å². The Kier molecular flexibility index (Phi) is 3.88. The standard InChI is InChI=1S/C18H20N4O2/c1-12-7-21-16(9-20-12)18(23)22-10-13-4-5-17(15(13)11-22)24-14-3-2-6-19-8-14/h2-3,6-9,13,15,17H,4-5,10-11H2,1H3/t13-,15+,17-/m1/s1. The Morgan fingerprint density at radius 1 is 1.21 bits per heavy atom. The van der Waals surface area contributed by atoms with Gasteiger partial charge in [-0.3, -0.25) is 14.8 Å². The first-order valence-corrected chi connectivity index (χ1v) is 8.35. The Bertz CT molecular complexity index is 720. The largest absolute Gasteiger partial charge is 0.488 e. The van der Waals surface area contributed by atoms with Gasteiger partial charge in [-0.15, -0.1) is 0 Å². The molecule has 1 aliphatic heterocycles. The molecule has 0 unspecified atom stereocenters. The van der Waals surface area contributed by atoms with Crippen molar-refractivity contribution in [3.05, 3.63) is 48.3 Å². The van der Waals surface area contributed by atoms with Gasteiger partial charge in [0.05, 0.1) is 18.1 Å². The van der Waals surface area contributed by atoms with E-state index in [2.05, 4.69) is 15.0 Å². The Morgan fingerprint density at radius 3 is 2.88 bits per heavy atom. The van der Waals surface area contributed by atoms with E-state index in [1.807, 2.05) is 24.0 Å². The molecule has 0 N–H and O–H groups in total. The molecule has 0 spiro atoms. The zero-order valence-corrected chi connectivity index (χ0v) is 13.6. The molecular weight excluding hydrogens is 304 g/mol. The van der Waals surface area contributed by atoms with Gasteiger partial charge >= 0.3 is 0 Å². The van der Waals surface area contributed by atoms with Crippen LogP contribution in [0.3, 0.4) is 0 Å². The van der Waals surface area contributed by atoms with E-state index in [0.29, 0.717) is 17.5 Å². The molecule has 0 aromatic carbocycles. The van der Waals surface area contributed by atoms with Crippen molar-refractivity contribution in [3.63, 3.8) is 0 Å². The van der Waals surface area contributed by atoms with Crippen molar-refractivity contribution >= 4 is 5.91 Å². The van der Waals surface area contributed by atoms with Crippen LogP contribution in [0.1, 0.15) is 29.0 Å². The zero-order valence-electron chi connectivity index (χ0n) is 13.6. The summed E-state index contributed by atoms with van der Waals surface area (Å²) < 4.78 is 6.11. The summed E-state index contributed by atoms with van der Waals surface area (Å²) in [5.41, 5.74) is 1.24. The second kappa shape index (κ2) is 6.19. The number of fused-ring (bicyclic) bond motifs is 1. The SMILES string of the molecule is Cc1cnc(C(=O)N2C[C@H]3CC[C@@H](Oc4cccnc4)[C@H]3C2)cn1. The lowest BCUT2D eigenvalue weighted by molar-refractivity contribution is 0.0756. The fraction of sp³-hybridized carbons (Fsp3) is 0.444. The van der Waals surface area contributed by atoms with Crippen LogP contribution in [-0.4, -0.2) is 45.0 Å². The van der Waals surface area contributed by atoms with E-state index in [9.17, 15) is 4.79 Å². The van der Waals surface area contributed by atoms with Crippen molar-refractivity contribution in [2.45, 2.75) is 25.9 Å². The maximum Gasteiger partial charge on any atom is 0.274 e. The van der Waals surface area contributed by atoms with Gasteiger partial charge in [-0.1, -0.05) is 0 Å². The van der Waals surface area contributed by atoms with Crippen LogP contribution in [0.4, 0.5) is 0 Å². The van der Waals surface area contributed by atoms with Crippen LogP contribution < -0.4 is 4.74 Å². The lowest BCUT2D eigenvalue weighted by Crippen LogP contribution is -2.33. The Balaban J connectivity index is 1.44. The number of carbonyl (C=O) groups is 1. The molecule has 0 radical (unpaired) electrons.